The Kier molecular flexibility index (Phi) is 4.31. The van der Waals surface area contributed by atoms with Crippen LogP contribution in [-0.4, -0.2) is 23.4 Å². The predicted molar refractivity (Wildman–Crippen MR) is 80.1 cm³/mol. The number of carbonyl (C=O) groups is 1. The van der Waals surface area contributed by atoms with E-state index in [-0.39, 0.29) is 23.5 Å². The molecule has 1 aromatic heterocycles. The van der Waals surface area contributed by atoms with Gasteiger partial charge in [0.1, 0.15) is 6.17 Å². The van der Waals surface area contributed by atoms with Gasteiger partial charge < -0.3 is 4.90 Å². The van der Waals surface area contributed by atoms with Gasteiger partial charge in [0, 0.05) is 6.54 Å². The van der Waals surface area contributed by atoms with E-state index < -0.39 is 0 Å². The van der Waals surface area contributed by atoms with Gasteiger partial charge in [-0.1, -0.05) is 27.7 Å². The standard InChI is InChI=1S/C15H24N2OS/c1-5-12-14(18)17(10-15(3,4)6-2)13(16-12)11-7-8-19-9-11/h7-9,12-13,16H,5-6,10H2,1-4H3. The fourth-order valence-electron chi connectivity index (χ4n) is 2.42. The van der Waals surface area contributed by atoms with Crippen molar-refractivity contribution in [3.05, 3.63) is 22.4 Å². The molecule has 1 aliphatic rings. The Morgan fingerprint density at radius 3 is 2.68 bits per heavy atom. The topological polar surface area (TPSA) is 32.3 Å². The highest BCUT2D eigenvalue weighted by Crippen LogP contribution is 2.32. The zero-order valence-corrected chi connectivity index (χ0v) is 13.1. The van der Waals surface area contributed by atoms with E-state index in [0.29, 0.717) is 0 Å². The lowest BCUT2D eigenvalue weighted by atomic mass is 9.89. The van der Waals surface area contributed by atoms with Gasteiger partial charge in [0.05, 0.1) is 6.04 Å². The summed E-state index contributed by atoms with van der Waals surface area (Å²) < 4.78 is 0. The highest BCUT2D eigenvalue weighted by molar-refractivity contribution is 7.07. The van der Waals surface area contributed by atoms with Crippen molar-refractivity contribution in [2.75, 3.05) is 6.54 Å². The quantitative estimate of drug-likeness (QED) is 0.896. The Bertz CT molecular complexity index is 427. The van der Waals surface area contributed by atoms with E-state index in [0.717, 1.165) is 19.4 Å². The van der Waals surface area contributed by atoms with Gasteiger partial charge in [0.25, 0.3) is 0 Å². The normalized spacial score (nSPS) is 24.2. The molecule has 3 nitrogen and oxygen atoms in total. The van der Waals surface area contributed by atoms with E-state index >= 15 is 0 Å². The monoisotopic (exact) mass is 280 g/mol. The maximum absolute atomic E-state index is 12.5. The molecule has 1 aromatic rings. The molecule has 0 bridgehead atoms. The summed E-state index contributed by atoms with van der Waals surface area (Å²) >= 11 is 1.68. The van der Waals surface area contributed by atoms with Gasteiger partial charge >= 0.3 is 0 Å². The van der Waals surface area contributed by atoms with Gasteiger partial charge in [-0.2, -0.15) is 11.3 Å². The first kappa shape index (κ1) is 14.5. The number of carbonyl (C=O) groups excluding carboxylic acids is 1. The second-order valence-electron chi connectivity index (χ2n) is 6.07. The van der Waals surface area contributed by atoms with Crippen molar-refractivity contribution < 1.29 is 4.79 Å². The Balaban J connectivity index is 2.23. The van der Waals surface area contributed by atoms with Gasteiger partial charge in [-0.3, -0.25) is 10.1 Å². The van der Waals surface area contributed by atoms with Gasteiger partial charge in [0.15, 0.2) is 0 Å². The molecule has 2 rings (SSSR count). The number of hydrogen-bond donors (Lipinski definition) is 1. The van der Waals surface area contributed by atoms with Crippen LogP contribution < -0.4 is 5.32 Å². The molecular formula is C15H24N2OS. The summed E-state index contributed by atoms with van der Waals surface area (Å²) in [5.74, 6) is 0.250. The molecule has 106 valence electrons. The van der Waals surface area contributed by atoms with Crippen LogP contribution in [0.15, 0.2) is 16.8 Å². The number of rotatable bonds is 5. The molecule has 1 N–H and O–H groups in total. The third kappa shape index (κ3) is 3.00. The van der Waals surface area contributed by atoms with E-state index in [4.69, 9.17) is 0 Å². The van der Waals surface area contributed by atoms with Crippen LogP contribution in [0.4, 0.5) is 0 Å². The minimum Gasteiger partial charge on any atom is -0.321 e. The summed E-state index contributed by atoms with van der Waals surface area (Å²) in [6, 6.07) is 2.08. The smallest absolute Gasteiger partial charge is 0.241 e. The van der Waals surface area contributed by atoms with Gasteiger partial charge in [-0.25, -0.2) is 0 Å². The number of amides is 1. The Morgan fingerprint density at radius 1 is 1.42 bits per heavy atom. The summed E-state index contributed by atoms with van der Waals surface area (Å²) in [5, 5.41) is 7.68. The van der Waals surface area contributed by atoms with Crippen molar-refractivity contribution in [2.24, 2.45) is 5.41 Å². The lowest BCUT2D eigenvalue weighted by Gasteiger charge is -2.32. The van der Waals surface area contributed by atoms with E-state index in [1.807, 2.05) is 4.90 Å². The van der Waals surface area contributed by atoms with E-state index in [9.17, 15) is 4.79 Å². The molecule has 2 heterocycles. The van der Waals surface area contributed by atoms with Crippen molar-refractivity contribution in [3.8, 4) is 0 Å². The lowest BCUT2D eigenvalue weighted by Crippen LogP contribution is -2.38. The zero-order chi connectivity index (χ0) is 14.0. The number of nitrogens with zero attached hydrogens (tertiary/aromatic N) is 1. The summed E-state index contributed by atoms with van der Waals surface area (Å²) in [5.41, 5.74) is 1.37. The first-order chi connectivity index (χ1) is 8.98. The summed E-state index contributed by atoms with van der Waals surface area (Å²) in [6.45, 7) is 9.51. The zero-order valence-electron chi connectivity index (χ0n) is 12.3. The molecule has 0 spiro atoms. The number of hydrogen-bond acceptors (Lipinski definition) is 3. The van der Waals surface area contributed by atoms with Gasteiger partial charge in [-0.15, -0.1) is 0 Å². The van der Waals surface area contributed by atoms with Crippen molar-refractivity contribution in [3.63, 3.8) is 0 Å². The summed E-state index contributed by atoms with van der Waals surface area (Å²) in [7, 11) is 0. The maximum Gasteiger partial charge on any atom is 0.241 e. The molecule has 1 amide bonds. The third-order valence-corrected chi connectivity index (χ3v) is 4.78. The van der Waals surface area contributed by atoms with Gasteiger partial charge in [0.2, 0.25) is 5.91 Å². The second kappa shape index (κ2) is 5.63. The minimum absolute atomic E-state index is 0.0300. The van der Waals surface area contributed by atoms with Crippen LogP contribution >= 0.6 is 11.3 Å². The maximum atomic E-state index is 12.5. The van der Waals surface area contributed by atoms with E-state index in [2.05, 4.69) is 49.8 Å². The van der Waals surface area contributed by atoms with Crippen LogP contribution in [0, 0.1) is 5.41 Å². The van der Waals surface area contributed by atoms with Crippen LogP contribution in [0.3, 0.4) is 0 Å². The second-order valence-corrected chi connectivity index (χ2v) is 6.85. The first-order valence-corrected chi connectivity index (χ1v) is 8.01. The first-order valence-electron chi connectivity index (χ1n) is 7.07. The van der Waals surface area contributed by atoms with Gasteiger partial charge in [-0.05, 0) is 40.6 Å². The predicted octanol–water partition coefficient (Wildman–Crippen LogP) is 3.39. The molecule has 19 heavy (non-hydrogen) atoms. The summed E-state index contributed by atoms with van der Waals surface area (Å²) in [4.78, 5) is 14.5. The van der Waals surface area contributed by atoms with Crippen LogP contribution in [0.1, 0.15) is 52.3 Å². The molecule has 2 atom stereocenters. The largest absolute Gasteiger partial charge is 0.321 e. The minimum atomic E-state index is -0.0300. The fourth-order valence-corrected chi connectivity index (χ4v) is 3.10. The molecule has 1 fully saturated rings. The number of nitrogens with one attached hydrogen (secondary N) is 1. The average Bonchev–Trinajstić information content (AvgIpc) is 2.99. The van der Waals surface area contributed by atoms with Crippen LogP contribution in [0.5, 0.6) is 0 Å². The molecule has 0 radical (unpaired) electrons. The Morgan fingerprint density at radius 2 is 2.16 bits per heavy atom. The molecule has 1 saturated heterocycles. The van der Waals surface area contributed by atoms with Crippen molar-refractivity contribution in [1.29, 1.82) is 0 Å². The van der Waals surface area contributed by atoms with E-state index in [1.165, 1.54) is 5.56 Å². The molecule has 2 unspecified atom stereocenters. The average molecular weight is 280 g/mol. The van der Waals surface area contributed by atoms with E-state index in [1.54, 1.807) is 11.3 Å². The lowest BCUT2D eigenvalue weighted by molar-refractivity contribution is -0.131. The molecule has 0 saturated carbocycles. The molecule has 1 aliphatic heterocycles. The van der Waals surface area contributed by atoms with Crippen LogP contribution in [0.25, 0.3) is 0 Å². The Hall–Kier alpha value is -0.870. The van der Waals surface area contributed by atoms with Crippen molar-refractivity contribution in [2.45, 2.75) is 52.7 Å². The molecular weight excluding hydrogens is 256 g/mol. The van der Waals surface area contributed by atoms with Crippen LogP contribution in [-0.2, 0) is 4.79 Å². The third-order valence-electron chi connectivity index (χ3n) is 4.07. The van der Waals surface area contributed by atoms with Crippen LogP contribution in [0.2, 0.25) is 0 Å². The Labute approximate surface area is 120 Å². The molecule has 0 aliphatic carbocycles. The van der Waals surface area contributed by atoms with Crippen molar-refractivity contribution >= 4 is 17.2 Å². The summed E-state index contributed by atoms with van der Waals surface area (Å²) in [6.07, 6.45) is 1.97. The fraction of sp³-hybridized carbons (Fsp3) is 0.667. The molecule has 0 aromatic carbocycles. The van der Waals surface area contributed by atoms with Crippen molar-refractivity contribution in [1.82, 2.24) is 10.2 Å². The SMILES string of the molecule is CCC1NC(c2ccsc2)N(CC(C)(C)CC)C1=O. The highest BCUT2D eigenvalue weighted by atomic mass is 32.1. The molecule has 4 heteroatoms. The highest BCUT2D eigenvalue weighted by Gasteiger charge is 2.40. The number of thiophene rings is 1.